The highest BCUT2D eigenvalue weighted by atomic mass is 35.5. The van der Waals surface area contributed by atoms with Gasteiger partial charge in [0.15, 0.2) is 0 Å². The molecule has 0 aromatic heterocycles. The highest BCUT2D eigenvalue weighted by molar-refractivity contribution is 5.97. The van der Waals surface area contributed by atoms with Crippen LogP contribution >= 0.6 is 12.4 Å². The van der Waals surface area contributed by atoms with Gasteiger partial charge in [0.2, 0.25) is 5.91 Å². The number of nitrogens with one attached hydrogen (secondary N) is 1. The lowest BCUT2D eigenvalue weighted by Gasteiger charge is -2.14. The van der Waals surface area contributed by atoms with Crippen LogP contribution < -0.4 is 16.0 Å². The first kappa shape index (κ1) is 15.5. The molecule has 1 heterocycles. The molecule has 1 aromatic carbocycles. The van der Waals surface area contributed by atoms with Crippen molar-refractivity contribution in [2.45, 2.75) is 13.3 Å². The predicted molar refractivity (Wildman–Crippen MR) is 76.8 cm³/mol. The standard InChI is InChI=1S/C13H17N3O2.ClH/c1-9(17)16-7-4-10-8-11(2-3-12(10)16)13(18)15-6-5-14;/h2-3,8H,4-7,14H2,1H3,(H,15,18);1H. The monoisotopic (exact) mass is 283 g/mol. The van der Waals surface area contributed by atoms with Crippen molar-refractivity contribution in [3.8, 4) is 0 Å². The maximum absolute atomic E-state index is 11.8. The molecule has 0 bridgehead atoms. The van der Waals surface area contributed by atoms with E-state index < -0.39 is 0 Å². The molecule has 2 amide bonds. The Morgan fingerprint density at radius 1 is 1.42 bits per heavy atom. The Bertz CT molecular complexity index is 491. The molecule has 1 aliphatic rings. The van der Waals surface area contributed by atoms with E-state index in [0.717, 1.165) is 17.7 Å². The van der Waals surface area contributed by atoms with Crippen LogP contribution in [0.5, 0.6) is 0 Å². The molecule has 0 saturated heterocycles. The topological polar surface area (TPSA) is 75.4 Å². The van der Waals surface area contributed by atoms with Crippen molar-refractivity contribution in [1.29, 1.82) is 0 Å². The number of nitrogens with zero attached hydrogens (tertiary/aromatic N) is 1. The number of benzene rings is 1. The van der Waals surface area contributed by atoms with Gasteiger partial charge in [-0.25, -0.2) is 0 Å². The number of carbonyl (C=O) groups excluding carboxylic acids is 2. The molecule has 0 spiro atoms. The second-order valence-electron chi connectivity index (χ2n) is 4.31. The van der Waals surface area contributed by atoms with Gasteiger partial charge in [-0.05, 0) is 30.2 Å². The lowest BCUT2D eigenvalue weighted by Crippen LogP contribution is -2.29. The third-order valence-corrected chi connectivity index (χ3v) is 3.05. The van der Waals surface area contributed by atoms with E-state index in [9.17, 15) is 9.59 Å². The Kier molecular flexibility index (Phi) is 5.32. The third kappa shape index (κ3) is 3.24. The van der Waals surface area contributed by atoms with E-state index in [4.69, 9.17) is 5.73 Å². The van der Waals surface area contributed by atoms with Crippen LogP contribution in [0, 0.1) is 0 Å². The smallest absolute Gasteiger partial charge is 0.251 e. The average Bonchev–Trinajstić information content (AvgIpc) is 2.78. The first-order chi connectivity index (χ1) is 8.63. The zero-order valence-corrected chi connectivity index (χ0v) is 11.6. The SMILES string of the molecule is CC(=O)N1CCc2cc(C(=O)NCCN)ccc21.Cl. The molecule has 0 fully saturated rings. The van der Waals surface area contributed by atoms with E-state index in [2.05, 4.69) is 5.32 Å². The third-order valence-electron chi connectivity index (χ3n) is 3.05. The summed E-state index contributed by atoms with van der Waals surface area (Å²) in [6, 6.07) is 5.43. The predicted octanol–water partition coefficient (Wildman–Crippen LogP) is 0.706. The summed E-state index contributed by atoms with van der Waals surface area (Å²) < 4.78 is 0. The Morgan fingerprint density at radius 2 is 2.16 bits per heavy atom. The zero-order valence-electron chi connectivity index (χ0n) is 10.8. The number of hydrogen-bond donors (Lipinski definition) is 2. The van der Waals surface area contributed by atoms with Crippen LogP contribution in [-0.2, 0) is 11.2 Å². The van der Waals surface area contributed by atoms with Crippen LogP contribution in [0.2, 0.25) is 0 Å². The highest BCUT2D eigenvalue weighted by Gasteiger charge is 2.22. The summed E-state index contributed by atoms with van der Waals surface area (Å²) in [4.78, 5) is 24.9. The minimum atomic E-state index is -0.121. The molecule has 5 nitrogen and oxygen atoms in total. The van der Waals surface area contributed by atoms with E-state index in [1.807, 2.05) is 12.1 Å². The number of anilines is 1. The van der Waals surface area contributed by atoms with E-state index in [1.54, 1.807) is 17.9 Å². The van der Waals surface area contributed by atoms with E-state index in [1.165, 1.54) is 0 Å². The number of carbonyl (C=O) groups is 2. The first-order valence-corrected chi connectivity index (χ1v) is 6.03. The lowest BCUT2D eigenvalue weighted by atomic mass is 10.1. The summed E-state index contributed by atoms with van der Waals surface area (Å²) in [6.07, 6.45) is 0.799. The minimum Gasteiger partial charge on any atom is -0.351 e. The van der Waals surface area contributed by atoms with E-state index >= 15 is 0 Å². The fourth-order valence-corrected chi connectivity index (χ4v) is 2.16. The maximum Gasteiger partial charge on any atom is 0.251 e. The molecule has 3 N–H and O–H groups in total. The van der Waals surface area contributed by atoms with Gasteiger partial charge in [0, 0.05) is 37.8 Å². The molecule has 19 heavy (non-hydrogen) atoms. The second-order valence-corrected chi connectivity index (χ2v) is 4.31. The average molecular weight is 284 g/mol. The van der Waals surface area contributed by atoms with Gasteiger partial charge in [0.1, 0.15) is 0 Å². The van der Waals surface area contributed by atoms with Crippen molar-refractivity contribution in [2.24, 2.45) is 5.73 Å². The van der Waals surface area contributed by atoms with Crippen LogP contribution in [0.15, 0.2) is 18.2 Å². The summed E-state index contributed by atoms with van der Waals surface area (Å²) in [5, 5.41) is 2.73. The molecule has 6 heteroatoms. The first-order valence-electron chi connectivity index (χ1n) is 6.03. The number of fused-ring (bicyclic) bond motifs is 1. The normalized spacial score (nSPS) is 12.6. The van der Waals surface area contributed by atoms with Gasteiger partial charge in [0.25, 0.3) is 5.91 Å². The Hall–Kier alpha value is -1.59. The maximum atomic E-state index is 11.8. The Labute approximate surface area is 118 Å². The number of nitrogens with two attached hydrogens (primary N) is 1. The number of hydrogen-bond acceptors (Lipinski definition) is 3. The van der Waals surface area contributed by atoms with Crippen molar-refractivity contribution in [2.75, 3.05) is 24.5 Å². The molecular weight excluding hydrogens is 266 g/mol. The molecule has 1 aliphatic heterocycles. The molecule has 104 valence electrons. The number of rotatable bonds is 3. The van der Waals surface area contributed by atoms with Crippen LogP contribution in [0.1, 0.15) is 22.8 Å². The van der Waals surface area contributed by atoms with Gasteiger partial charge in [-0.3, -0.25) is 9.59 Å². The number of amides is 2. The number of halogens is 1. The molecule has 0 radical (unpaired) electrons. The molecular formula is C13H18ClN3O2. The van der Waals surface area contributed by atoms with Crippen LogP contribution in [0.25, 0.3) is 0 Å². The van der Waals surface area contributed by atoms with Gasteiger partial charge in [-0.15, -0.1) is 12.4 Å². The lowest BCUT2D eigenvalue weighted by molar-refractivity contribution is -0.116. The second kappa shape index (κ2) is 6.54. The van der Waals surface area contributed by atoms with E-state index in [0.29, 0.717) is 25.2 Å². The van der Waals surface area contributed by atoms with Gasteiger partial charge < -0.3 is 16.0 Å². The van der Waals surface area contributed by atoms with Gasteiger partial charge in [-0.2, -0.15) is 0 Å². The fraction of sp³-hybridized carbons (Fsp3) is 0.385. The quantitative estimate of drug-likeness (QED) is 0.858. The van der Waals surface area contributed by atoms with Crippen molar-refractivity contribution >= 4 is 29.9 Å². The molecule has 0 atom stereocenters. The molecule has 0 aliphatic carbocycles. The van der Waals surface area contributed by atoms with Crippen molar-refractivity contribution in [1.82, 2.24) is 5.32 Å². The highest BCUT2D eigenvalue weighted by Crippen LogP contribution is 2.28. The Balaban J connectivity index is 0.00000180. The van der Waals surface area contributed by atoms with Crippen LogP contribution in [-0.4, -0.2) is 31.4 Å². The molecule has 0 saturated carbocycles. The minimum absolute atomic E-state index is 0. The van der Waals surface area contributed by atoms with Crippen molar-refractivity contribution in [3.05, 3.63) is 29.3 Å². The molecule has 1 aromatic rings. The summed E-state index contributed by atoms with van der Waals surface area (Å²) in [6.45, 7) is 3.14. The summed E-state index contributed by atoms with van der Waals surface area (Å²) in [5.41, 5.74) is 7.92. The summed E-state index contributed by atoms with van der Waals surface area (Å²) >= 11 is 0. The zero-order chi connectivity index (χ0) is 13.1. The fourth-order valence-electron chi connectivity index (χ4n) is 2.16. The van der Waals surface area contributed by atoms with Crippen molar-refractivity contribution < 1.29 is 9.59 Å². The summed E-state index contributed by atoms with van der Waals surface area (Å²) in [5.74, 6) is -0.0846. The van der Waals surface area contributed by atoms with Gasteiger partial charge in [0.05, 0.1) is 0 Å². The van der Waals surface area contributed by atoms with Crippen molar-refractivity contribution in [3.63, 3.8) is 0 Å². The summed E-state index contributed by atoms with van der Waals surface area (Å²) in [7, 11) is 0. The van der Waals surface area contributed by atoms with Crippen LogP contribution in [0.4, 0.5) is 5.69 Å². The Morgan fingerprint density at radius 3 is 2.79 bits per heavy atom. The van der Waals surface area contributed by atoms with E-state index in [-0.39, 0.29) is 24.2 Å². The molecule has 2 rings (SSSR count). The van der Waals surface area contributed by atoms with Gasteiger partial charge >= 0.3 is 0 Å². The molecule has 0 unspecified atom stereocenters. The van der Waals surface area contributed by atoms with Crippen LogP contribution in [0.3, 0.4) is 0 Å². The van der Waals surface area contributed by atoms with Gasteiger partial charge in [-0.1, -0.05) is 0 Å². The largest absolute Gasteiger partial charge is 0.351 e.